The normalized spacial score (nSPS) is 14.2. The van der Waals surface area contributed by atoms with Crippen LogP contribution >= 0.6 is 11.6 Å². The van der Waals surface area contributed by atoms with Gasteiger partial charge in [-0.2, -0.15) is 5.10 Å². The Morgan fingerprint density at radius 2 is 2.04 bits per heavy atom. The average molecular weight is 332 g/mol. The Morgan fingerprint density at radius 1 is 1.22 bits per heavy atom. The topological polar surface area (TPSA) is 39.3 Å². The van der Waals surface area contributed by atoms with E-state index in [1.54, 1.807) is 27.5 Å². The van der Waals surface area contributed by atoms with Crippen molar-refractivity contribution in [1.82, 2.24) is 14.2 Å². The fraction of sp³-hybridized carbons (Fsp3) is 0.294. The van der Waals surface area contributed by atoms with Crippen molar-refractivity contribution in [2.75, 3.05) is 0 Å². The summed E-state index contributed by atoms with van der Waals surface area (Å²) in [6.45, 7) is 0.314. The van der Waals surface area contributed by atoms with Crippen LogP contribution in [-0.2, 0) is 19.4 Å². The van der Waals surface area contributed by atoms with Crippen LogP contribution in [0.4, 0.5) is 4.39 Å². The second-order valence-corrected chi connectivity index (χ2v) is 6.30. The number of fused-ring (bicyclic) bond motifs is 3. The Labute approximate surface area is 137 Å². The van der Waals surface area contributed by atoms with Crippen LogP contribution < -0.4 is 5.56 Å². The average Bonchev–Trinajstić information content (AvgIpc) is 2.91. The van der Waals surface area contributed by atoms with Crippen molar-refractivity contribution >= 4 is 17.1 Å². The lowest BCUT2D eigenvalue weighted by molar-refractivity contribution is 0.626. The summed E-state index contributed by atoms with van der Waals surface area (Å²) in [5.41, 5.74) is 3.39. The molecular weight excluding hydrogens is 317 g/mol. The first-order valence-corrected chi connectivity index (χ1v) is 8.05. The Hall–Kier alpha value is -2.14. The van der Waals surface area contributed by atoms with E-state index >= 15 is 0 Å². The van der Waals surface area contributed by atoms with Crippen molar-refractivity contribution in [1.29, 1.82) is 0 Å². The smallest absolute Gasteiger partial charge is 0.277 e. The van der Waals surface area contributed by atoms with Crippen molar-refractivity contribution in [3.63, 3.8) is 0 Å². The summed E-state index contributed by atoms with van der Waals surface area (Å²) in [6.07, 6.45) is 7.54. The minimum Gasteiger partial charge on any atom is -0.308 e. The first-order chi connectivity index (χ1) is 11.1. The van der Waals surface area contributed by atoms with E-state index in [2.05, 4.69) is 5.10 Å². The van der Waals surface area contributed by atoms with Gasteiger partial charge in [0.1, 0.15) is 11.3 Å². The number of nitrogens with zero attached hydrogens (tertiary/aromatic N) is 3. The Kier molecular flexibility index (Phi) is 3.45. The van der Waals surface area contributed by atoms with E-state index in [1.165, 1.54) is 12.1 Å². The lowest BCUT2D eigenvalue weighted by atomic mass is 9.97. The van der Waals surface area contributed by atoms with Crippen molar-refractivity contribution in [2.45, 2.75) is 32.2 Å². The van der Waals surface area contributed by atoms with E-state index in [0.29, 0.717) is 22.6 Å². The predicted molar refractivity (Wildman–Crippen MR) is 86.6 cm³/mol. The fourth-order valence-corrected chi connectivity index (χ4v) is 3.44. The molecule has 4 nitrogen and oxygen atoms in total. The van der Waals surface area contributed by atoms with Gasteiger partial charge < -0.3 is 4.57 Å². The SMILES string of the molecule is O=c1c2c3c(nn2ccn1Cc1ccc(F)cc1Cl)CCCC3. The minimum atomic E-state index is -0.383. The Bertz CT molecular complexity index is 960. The van der Waals surface area contributed by atoms with Crippen LogP contribution in [0.1, 0.15) is 29.7 Å². The molecule has 0 bridgehead atoms. The van der Waals surface area contributed by atoms with Gasteiger partial charge in [-0.1, -0.05) is 17.7 Å². The van der Waals surface area contributed by atoms with E-state index in [4.69, 9.17) is 11.6 Å². The molecule has 0 fully saturated rings. The van der Waals surface area contributed by atoms with Gasteiger partial charge in [0.15, 0.2) is 0 Å². The van der Waals surface area contributed by atoms with E-state index in [1.807, 2.05) is 0 Å². The standard InChI is InChI=1S/C17H15ClFN3O/c18-14-9-12(19)6-5-11(14)10-21-7-8-22-16(17(21)23)13-3-1-2-4-15(13)20-22/h5-9H,1-4,10H2. The predicted octanol–water partition coefficient (Wildman–Crippen LogP) is 3.22. The molecule has 0 radical (unpaired) electrons. The van der Waals surface area contributed by atoms with Gasteiger partial charge in [0.05, 0.1) is 12.2 Å². The maximum Gasteiger partial charge on any atom is 0.277 e. The zero-order valence-electron chi connectivity index (χ0n) is 12.4. The largest absolute Gasteiger partial charge is 0.308 e. The third-order valence-electron chi connectivity index (χ3n) is 4.39. The third-order valence-corrected chi connectivity index (χ3v) is 4.74. The van der Waals surface area contributed by atoms with Gasteiger partial charge in [-0.05, 0) is 43.4 Å². The molecule has 1 aliphatic carbocycles. The van der Waals surface area contributed by atoms with Crippen molar-refractivity contribution in [3.8, 4) is 0 Å². The molecule has 23 heavy (non-hydrogen) atoms. The zero-order chi connectivity index (χ0) is 16.0. The van der Waals surface area contributed by atoms with E-state index in [9.17, 15) is 9.18 Å². The molecule has 0 saturated carbocycles. The molecule has 3 aromatic rings. The Balaban J connectivity index is 1.82. The molecule has 6 heteroatoms. The molecule has 1 aliphatic rings. The van der Waals surface area contributed by atoms with Gasteiger partial charge in [-0.25, -0.2) is 8.91 Å². The van der Waals surface area contributed by atoms with Crippen molar-refractivity contribution in [2.24, 2.45) is 0 Å². The second kappa shape index (κ2) is 5.49. The number of aryl methyl sites for hydroxylation is 2. The van der Waals surface area contributed by atoms with E-state index in [-0.39, 0.29) is 11.4 Å². The number of halogens is 2. The summed E-state index contributed by atoms with van der Waals surface area (Å²) >= 11 is 6.07. The number of rotatable bonds is 2. The molecule has 0 atom stereocenters. The molecule has 1 aromatic carbocycles. The molecule has 2 heterocycles. The van der Waals surface area contributed by atoms with Gasteiger partial charge in [0.25, 0.3) is 5.56 Å². The summed E-state index contributed by atoms with van der Waals surface area (Å²) in [7, 11) is 0. The van der Waals surface area contributed by atoms with Gasteiger partial charge in [-0.15, -0.1) is 0 Å². The summed E-state index contributed by atoms with van der Waals surface area (Å²) in [5.74, 6) is -0.383. The zero-order valence-corrected chi connectivity index (χ0v) is 13.2. The maximum atomic E-state index is 13.2. The van der Waals surface area contributed by atoms with Crippen LogP contribution in [0, 0.1) is 5.82 Å². The molecule has 0 N–H and O–H groups in total. The van der Waals surface area contributed by atoms with Crippen LogP contribution in [0.3, 0.4) is 0 Å². The van der Waals surface area contributed by atoms with Gasteiger partial charge in [0.2, 0.25) is 0 Å². The summed E-state index contributed by atoms with van der Waals surface area (Å²) in [6, 6.07) is 4.23. The van der Waals surface area contributed by atoms with E-state index in [0.717, 1.165) is 36.9 Å². The molecule has 0 amide bonds. The first kappa shape index (κ1) is 14.5. The highest BCUT2D eigenvalue weighted by Crippen LogP contribution is 2.23. The highest BCUT2D eigenvalue weighted by atomic mass is 35.5. The van der Waals surface area contributed by atoms with Crippen LogP contribution in [0.5, 0.6) is 0 Å². The summed E-state index contributed by atoms with van der Waals surface area (Å²) in [4.78, 5) is 12.8. The van der Waals surface area contributed by atoms with E-state index < -0.39 is 0 Å². The minimum absolute atomic E-state index is 0.0801. The van der Waals surface area contributed by atoms with Crippen molar-refractivity contribution in [3.05, 3.63) is 68.6 Å². The van der Waals surface area contributed by atoms with Crippen LogP contribution in [-0.4, -0.2) is 14.2 Å². The van der Waals surface area contributed by atoms with Gasteiger partial charge >= 0.3 is 0 Å². The second-order valence-electron chi connectivity index (χ2n) is 5.89. The number of benzene rings is 1. The quantitative estimate of drug-likeness (QED) is 0.723. The van der Waals surface area contributed by atoms with Crippen LogP contribution in [0.25, 0.3) is 5.52 Å². The first-order valence-electron chi connectivity index (χ1n) is 7.67. The third kappa shape index (κ3) is 2.45. The molecule has 2 aromatic heterocycles. The van der Waals surface area contributed by atoms with Gasteiger partial charge in [-0.3, -0.25) is 4.79 Å². The van der Waals surface area contributed by atoms with Crippen molar-refractivity contribution < 1.29 is 4.39 Å². The molecule has 0 saturated heterocycles. The van der Waals surface area contributed by atoms with Crippen LogP contribution in [0.2, 0.25) is 5.02 Å². The highest BCUT2D eigenvalue weighted by Gasteiger charge is 2.19. The number of hydrogen-bond donors (Lipinski definition) is 0. The molecule has 4 rings (SSSR count). The fourth-order valence-electron chi connectivity index (χ4n) is 3.21. The molecule has 0 aliphatic heterocycles. The number of aromatic nitrogens is 3. The summed E-state index contributed by atoms with van der Waals surface area (Å²) in [5, 5.41) is 4.85. The van der Waals surface area contributed by atoms with Gasteiger partial charge in [0, 0.05) is 23.0 Å². The highest BCUT2D eigenvalue weighted by molar-refractivity contribution is 6.31. The summed E-state index contributed by atoms with van der Waals surface area (Å²) < 4.78 is 16.4. The molecule has 118 valence electrons. The monoisotopic (exact) mass is 331 g/mol. The van der Waals surface area contributed by atoms with Crippen LogP contribution in [0.15, 0.2) is 35.4 Å². The molecule has 0 unspecified atom stereocenters. The Morgan fingerprint density at radius 3 is 2.87 bits per heavy atom. The lowest BCUT2D eigenvalue weighted by Crippen LogP contribution is -2.23. The lowest BCUT2D eigenvalue weighted by Gasteiger charge is -2.10. The molecule has 0 spiro atoms. The maximum absolute atomic E-state index is 13.2. The number of hydrogen-bond acceptors (Lipinski definition) is 2. The molecular formula is C17H15ClFN3O.